The van der Waals surface area contributed by atoms with E-state index in [2.05, 4.69) is 37.4 Å². The minimum Gasteiger partial charge on any atom is -0.447 e. The Balaban J connectivity index is 1.78. The van der Waals surface area contributed by atoms with Gasteiger partial charge in [0.05, 0.1) is 6.42 Å². The first-order valence-electron chi connectivity index (χ1n) is 11.9. The molecule has 1 aromatic carbocycles. The van der Waals surface area contributed by atoms with E-state index in [4.69, 9.17) is 4.74 Å². The maximum absolute atomic E-state index is 13.6. The third kappa shape index (κ3) is 4.21. The lowest BCUT2D eigenvalue weighted by molar-refractivity contribution is -0.176. The number of amides is 1. The molecular formula is C28H33NO4. The minimum atomic E-state index is -1.29. The molecular weight excluding hydrogens is 414 g/mol. The van der Waals surface area contributed by atoms with Gasteiger partial charge in [-0.25, -0.2) is 0 Å². The van der Waals surface area contributed by atoms with Crippen LogP contribution < -0.4 is 5.32 Å². The summed E-state index contributed by atoms with van der Waals surface area (Å²) >= 11 is 0. The van der Waals surface area contributed by atoms with Crippen LogP contribution in [0.4, 0.5) is 0 Å². The second-order valence-corrected chi connectivity index (χ2v) is 9.81. The molecule has 0 saturated carbocycles. The molecule has 1 amide bonds. The van der Waals surface area contributed by atoms with Crippen LogP contribution in [0.25, 0.3) is 0 Å². The average Bonchev–Trinajstić information content (AvgIpc) is 3.06. The number of ether oxygens (including phenoxy) is 1. The molecule has 4 rings (SSSR count). The van der Waals surface area contributed by atoms with Crippen molar-refractivity contribution in [1.82, 2.24) is 5.32 Å². The van der Waals surface area contributed by atoms with Gasteiger partial charge in [0, 0.05) is 23.8 Å². The van der Waals surface area contributed by atoms with Crippen molar-refractivity contribution < 1.29 is 19.1 Å². The lowest BCUT2D eigenvalue weighted by Crippen LogP contribution is -2.56. The van der Waals surface area contributed by atoms with Crippen molar-refractivity contribution in [3.63, 3.8) is 0 Å². The van der Waals surface area contributed by atoms with Crippen LogP contribution in [-0.2, 0) is 25.5 Å². The third-order valence-corrected chi connectivity index (χ3v) is 7.62. The largest absolute Gasteiger partial charge is 0.447 e. The summed E-state index contributed by atoms with van der Waals surface area (Å²) in [6, 6.07) is 9.94. The molecule has 5 nitrogen and oxygen atoms in total. The highest BCUT2D eigenvalue weighted by Crippen LogP contribution is 2.50. The maximum Gasteiger partial charge on any atom is 0.310 e. The van der Waals surface area contributed by atoms with E-state index >= 15 is 0 Å². The van der Waals surface area contributed by atoms with Gasteiger partial charge in [-0.3, -0.25) is 14.4 Å². The van der Waals surface area contributed by atoms with E-state index in [-0.39, 0.29) is 47.8 Å². The van der Waals surface area contributed by atoms with Gasteiger partial charge in [-0.15, -0.1) is 0 Å². The van der Waals surface area contributed by atoms with Crippen LogP contribution in [0, 0.1) is 23.7 Å². The summed E-state index contributed by atoms with van der Waals surface area (Å²) < 4.78 is 6.15. The fourth-order valence-corrected chi connectivity index (χ4v) is 5.68. The maximum atomic E-state index is 13.6. The summed E-state index contributed by atoms with van der Waals surface area (Å²) in [6.45, 7) is 7.83. The minimum absolute atomic E-state index is 0.0249. The van der Waals surface area contributed by atoms with Gasteiger partial charge in [-0.2, -0.15) is 0 Å². The number of carbonyl (C=O) groups excluding carboxylic acids is 3. The predicted molar refractivity (Wildman–Crippen MR) is 127 cm³/mol. The van der Waals surface area contributed by atoms with Crippen LogP contribution in [0.3, 0.4) is 0 Å². The molecule has 6 atom stereocenters. The monoisotopic (exact) mass is 447 g/mol. The normalized spacial score (nSPS) is 34.7. The van der Waals surface area contributed by atoms with Gasteiger partial charge in [0.2, 0.25) is 5.60 Å². The molecule has 3 aliphatic rings. The summed E-state index contributed by atoms with van der Waals surface area (Å²) in [5.74, 6) is -1.36. The second-order valence-electron chi connectivity index (χ2n) is 9.81. The van der Waals surface area contributed by atoms with E-state index < -0.39 is 11.6 Å². The highest BCUT2D eigenvalue weighted by Gasteiger charge is 2.64. The Hall–Kier alpha value is -2.95. The summed E-state index contributed by atoms with van der Waals surface area (Å²) in [4.78, 5) is 39.2. The van der Waals surface area contributed by atoms with Crippen molar-refractivity contribution in [2.75, 3.05) is 0 Å². The third-order valence-electron chi connectivity index (χ3n) is 7.62. The fourth-order valence-electron chi connectivity index (χ4n) is 5.68. The van der Waals surface area contributed by atoms with Crippen molar-refractivity contribution in [1.29, 1.82) is 0 Å². The van der Waals surface area contributed by atoms with Gasteiger partial charge in [0.15, 0.2) is 5.78 Å². The lowest BCUT2D eigenvalue weighted by atomic mass is 9.63. The number of allylic oxidation sites excluding steroid dienone is 3. The van der Waals surface area contributed by atoms with Crippen LogP contribution in [0.15, 0.2) is 65.8 Å². The number of carbonyl (C=O) groups is 3. The number of ketones is 1. The quantitative estimate of drug-likeness (QED) is 0.541. The molecule has 2 heterocycles. The topological polar surface area (TPSA) is 72.5 Å². The number of nitrogens with one attached hydrogen (secondary N) is 1. The fraction of sp³-hybridized carbons (Fsp3) is 0.464. The van der Waals surface area contributed by atoms with Crippen molar-refractivity contribution in [3.8, 4) is 0 Å². The summed E-state index contributed by atoms with van der Waals surface area (Å²) in [6.07, 6.45) is 8.85. The lowest BCUT2D eigenvalue weighted by Gasteiger charge is -2.44. The van der Waals surface area contributed by atoms with Crippen molar-refractivity contribution >= 4 is 17.7 Å². The summed E-state index contributed by atoms with van der Waals surface area (Å²) in [5.41, 5.74) is 1.59. The summed E-state index contributed by atoms with van der Waals surface area (Å²) in [5, 5.41) is 3.19. The van der Waals surface area contributed by atoms with Gasteiger partial charge in [-0.1, -0.05) is 74.1 Å². The van der Waals surface area contributed by atoms with Gasteiger partial charge in [0.25, 0.3) is 5.91 Å². The Morgan fingerprint density at radius 1 is 1.09 bits per heavy atom. The number of hydrogen-bond acceptors (Lipinski definition) is 4. The van der Waals surface area contributed by atoms with Crippen LogP contribution >= 0.6 is 0 Å². The zero-order valence-electron chi connectivity index (χ0n) is 19.8. The molecule has 0 aromatic heterocycles. The highest BCUT2D eigenvalue weighted by atomic mass is 16.6. The van der Waals surface area contributed by atoms with Crippen LogP contribution in [-0.4, -0.2) is 29.3 Å². The molecule has 1 aromatic rings. The zero-order valence-corrected chi connectivity index (χ0v) is 19.8. The molecule has 5 heteroatoms. The van der Waals surface area contributed by atoms with E-state index in [1.54, 1.807) is 13.0 Å². The molecule has 0 bridgehead atoms. The molecule has 33 heavy (non-hydrogen) atoms. The van der Waals surface area contributed by atoms with E-state index in [0.29, 0.717) is 18.4 Å². The molecule has 1 saturated heterocycles. The van der Waals surface area contributed by atoms with Crippen LogP contribution in [0.2, 0.25) is 0 Å². The standard InChI is InChI=1S/C28H33NO4/c1-17-9-8-12-22-15-19(3)20(4)25-23(16-21-10-6-5-7-11-21)29-27(32)28(22,25)33-24(30)14-13-18(2)26(17)31/h5-8,10-13,15,17,20,22-23,25H,9,14,16H2,1-4H3,(H,29,32). The van der Waals surface area contributed by atoms with Crippen molar-refractivity contribution in [2.24, 2.45) is 23.7 Å². The Bertz CT molecular complexity index is 1040. The summed E-state index contributed by atoms with van der Waals surface area (Å²) in [7, 11) is 0. The van der Waals surface area contributed by atoms with Gasteiger partial charge in [0.1, 0.15) is 0 Å². The Kier molecular flexibility index (Phi) is 6.42. The first-order valence-corrected chi connectivity index (χ1v) is 11.9. The number of esters is 1. The Morgan fingerprint density at radius 3 is 2.55 bits per heavy atom. The molecule has 174 valence electrons. The molecule has 1 fully saturated rings. The first-order chi connectivity index (χ1) is 15.7. The Labute approximate surface area is 196 Å². The van der Waals surface area contributed by atoms with E-state index in [9.17, 15) is 14.4 Å². The molecule has 1 N–H and O–H groups in total. The zero-order chi connectivity index (χ0) is 23.8. The van der Waals surface area contributed by atoms with Crippen LogP contribution in [0.1, 0.15) is 46.1 Å². The van der Waals surface area contributed by atoms with E-state index in [1.165, 1.54) is 5.57 Å². The molecule has 2 aliphatic heterocycles. The van der Waals surface area contributed by atoms with Crippen molar-refractivity contribution in [2.45, 2.75) is 58.6 Å². The average molecular weight is 448 g/mol. The van der Waals surface area contributed by atoms with Crippen LogP contribution in [0.5, 0.6) is 0 Å². The van der Waals surface area contributed by atoms with Crippen molar-refractivity contribution in [3.05, 3.63) is 71.3 Å². The van der Waals surface area contributed by atoms with Gasteiger partial charge in [-0.05, 0) is 43.7 Å². The van der Waals surface area contributed by atoms with Gasteiger partial charge >= 0.3 is 5.97 Å². The number of Topliss-reactive ketones (excluding diaryl/α,β-unsaturated/α-hetero) is 1. The first kappa shape index (κ1) is 23.2. The highest BCUT2D eigenvalue weighted by molar-refractivity contribution is 5.97. The SMILES string of the molecule is CC1=CCC(=O)OC23C(=O)NC(Cc4ccccc4)C2C(C)C(C)=CC3C=CCC(C)C1=O. The molecule has 1 spiro atoms. The van der Waals surface area contributed by atoms with Gasteiger partial charge < -0.3 is 10.1 Å². The number of rotatable bonds is 2. The second kappa shape index (κ2) is 9.12. The molecule has 1 aliphatic carbocycles. The van der Waals surface area contributed by atoms with E-state index in [0.717, 1.165) is 5.56 Å². The smallest absolute Gasteiger partial charge is 0.310 e. The molecule has 6 unspecified atom stereocenters. The number of benzene rings is 1. The predicted octanol–water partition coefficient (Wildman–Crippen LogP) is 4.34. The molecule has 0 radical (unpaired) electrons. The number of hydrogen-bond donors (Lipinski definition) is 1. The van der Waals surface area contributed by atoms with E-state index in [1.807, 2.05) is 37.3 Å². The Morgan fingerprint density at radius 2 is 1.82 bits per heavy atom.